The molecule has 19 heavy (non-hydrogen) atoms. The molecule has 0 unspecified atom stereocenters. The molecule has 0 N–H and O–H groups in total. The minimum absolute atomic E-state index is 0.462. The van der Waals surface area contributed by atoms with Gasteiger partial charge in [0.25, 0.3) is 0 Å². The van der Waals surface area contributed by atoms with Crippen LogP contribution in [0.15, 0.2) is 47.4 Å². The lowest BCUT2D eigenvalue weighted by atomic mass is 10.3. The molecule has 0 aliphatic heterocycles. The molecule has 0 heterocycles. The first kappa shape index (κ1) is 13.4. The van der Waals surface area contributed by atoms with E-state index in [2.05, 4.69) is 4.18 Å². The summed E-state index contributed by atoms with van der Waals surface area (Å²) < 4.78 is 66.8. The number of halogens is 3. The van der Waals surface area contributed by atoms with Crippen LogP contribution in [0.3, 0.4) is 0 Å². The third-order valence-electron chi connectivity index (χ3n) is 2.18. The molecule has 100 valence electrons. The minimum atomic E-state index is -4.37. The van der Waals surface area contributed by atoms with Crippen molar-refractivity contribution in [1.29, 1.82) is 0 Å². The molecule has 7 heteroatoms. The zero-order valence-corrected chi connectivity index (χ0v) is 10.1. The van der Waals surface area contributed by atoms with Crippen LogP contribution in [-0.4, -0.2) is 8.42 Å². The SMILES string of the molecule is O=S(=O)(Oc1ccc(F)cc1F)c1cccc(F)c1. The van der Waals surface area contributed by atoms with Crippen LogP contribution in [-0.2, 0) is 10.1 Å². The Morgan fingerprint density at radius 3 is 2.21 bits per heavy atom. The highest BCUT2D eigenvalue weighted by molar-refractivity contribution is 7.87. The van der Waals surface area contributed by atoms with Gasteiger partial charge in [-0.1, -0.05) is 6.07 Å². The average molecular weight is 288 g/mol. The third-order valence-corrected chi connectivity index (χ3v) is 3.41. The van der Waals surface area contributed by atoms with Crippen LogP contribution in [0.2, 0.25) is 0 Å². The summed E-state index contributed by atoms with van der Waals surface area (Å²) in [6, 6.07) is 6.22. The Morgan fingerprint density at radius 2 is 1.58 bits per heavy atom. The van der Waals surface area contributed by atoms with Gasteiger partial charge >= 0.3 is 10.1 Å². The zero-order valence-electron chi connectivity index (χ0n) is 9.31. The van der Waals surface area contributed by atoms with E-state index in [9.17, 15) is 21.6 Å². The topological polar surface area (TPSA) is 43.4 Å². The largest absolute Gasteiger partial charge is 0.376 e. The molecular formula is C12H7F3O3S. The molecule has 0 radical (unpaired) electrons. The highest BCUT2D eigenvalue weighted by atomic mass is 32.2. The fourth-order valence-electron chi connectivity index (χ4n) is 1.33. The van der Waals surface area contributed by atoms with Crippen molar-refractivity contribution in [3.63, 3.8) is 0 Å². The summed E-state index contributed by atoms with van der Waals surface area (Å²) in [5, 5.41) is 0. The lowest BCUT2D eigenvalue weighted by Gasteiger charge is -2.07. The molecule has 2 rings (SSSR count). The van der Waals surface area contributed by atoms with Crippen LogP contribution < -0.4 is 4.18 Å². The van der Waals surface area contributed by atoms with E-state index in [0.29, 0.717) is 6.07 Å². The van der Waals surface area contributed by atoms with Gasteiger partial charge in [0.05, 0.1) is 0 Å². The van der Waals surface area contributed by atoms with Crippen LogP contribution in [0.1, 0.15) is 0 Å². The zero-order chi connectivity index (χ0) is 14.0. The number of benzene rings is 2. The summed E-state index contributed by atoms with van der Waals surface area (Å²) in [5.41, 5.74) is 0. The predicted molar refractivity (Wildman–Crippen MR) is 60.6 cm³/mol. The van der Waals surface area contributed by atoms with E-state index >= 15 is 0 Å². The maximum absolute atomic E-state index is 13.3. The number of hydrogen-bond acceptors (Lipinski definition) is 3. The van der Waals surface area contributed by atoms with Gasteiger partial charge in [0.2, 0.25) is 0 Å². The first-order chi connectivity index (χ1) is 8.88. The van der Waals surface area contributed by atoms with Crippen LogP contribution in [0.5, 0.6) is 5.75 Å². The van der Waals surface area contributed by atoms with Crippen LogP contribution in [0, 0.1) is 17.5 Å². The average Bonchev–Trinajstić information content (AvgIpc) is 2.33. The van der Waals surface area contributed by atoms with Gasteiger partial charge in [-0.25, -0.2) is 13.2 Å². The van der Waals surface area contributed by atoms with Crippen molar-refractivity contribution in [3.8, 4) is 5.75 Å². The predicted octanol–water partition coefficient (Wildman–Crippen LogP) is 2.87. The summed E-state index contributed by atoms with van der Waals surface area (Å²) in [5.74, 6) is -3.47. The van der Waals surface area contributed by atoms with E-state index in [0.717, 1.165) is 30.3 Å². The molecule has 2 aromatic carbocycles. The fourth-order valence-corrected chi connectivity index (χ4v) is 2.30. The Kier molecular flexibility index (Phi) is 3.48. The lowest BCUT2D eigenvalue weighted by molar-refractivity contribution is 0.457. The Morgan fingerprint density at radius 1 is 0.895 bits per heavy atom. The van der Waals surface area contributed by atoms with Crippen LogP contribution in [0.25, 0.3) is 0 Å². The van der Waals surface area contributed by atoms with Gasteiger partial charge in [0.15, 0.2) is 11.6 Å². The highest BCUT2D eigenvalue weighted by Crippen LogP contribution is 2.22. The van der Waals surface area contributed by atoms with E-state index in [1.807, 2.05) is 0 Å². The molecule has 0 saturated carbocycles. The molecule has 2 aromatic rings. The van der Waals surface area contributed by atoms with Crippen LogP contribution in [0.4, 0.5) is 13.2 Å². The maximum Gasteiger partial charge on any atom is 0.339 e. The normalized spacial score (nSPS) is 11.3. The van der Waals surface area contributed by atoms with Crippen molar-refractivity contribution >= 4 is 10.1 Å². The Hall–Kier alpha value is -2.02. The molecule has 0 atom stereocenters. The molecule has 0 aromatic heterocycles. The summed E-state index contributed by atoms with van der Waals surface area (Å²) in [7, 11) is -4.37. The second-order valence-corrected chi connectivity index (χ2v) is 5.12. The van der Waals surface area contributed by atoms with E-state index in [1.165, 1.54) is 6.07 Å². The van der Waals surface area contributed by atoms with Gasteiger partial charge in [0.1, 0.15) is 16.5 Å². The van der Waals surface area contributed by atoms with Crippen molar-refractivity contribution in [3.05, 3.63) is 59.9 Å². The van der Waals surface area contributed by atoms with Crippen molar-refractivity contribution < 1.29 is 25.8 Å². The molecule has 0 fully saturated rings. The van der Waals surface area contributed by atoms with Gasteiger partial charge in [-0.15, -0.1) is 0 Å². The second-order valence-electron chi connectivity index (χ2n) is 3.57. The first-order valence-electron chi connectivity index (χ1n) is 5.03. The quantitative estimate of drug-likeness (QED) is 0.816. The molecule has 3 nitrogen and oxygen atoms in total. The number of rotatable bonds is 3. The van der Waals surface area contributed by atoms with E-state index in [4.69, 9.17) is 0 Å². The monoisotopic (exact) mass is 288 g/mol. The van der Waals surface area contributed by atoms with Crippen molar-refractivity contribution in [2.45, 2.75) is 4.90 Å². The molecule has 0 bridgehead atoms. The second kappa shape index (κ2) is 4.93. The lowest BCUT2D eigenvalue weighted by Crippen LogP contribution is -2.11. The summed E-state index contributed by atoms with van der Waals surface area (Å²) in [4.78, 5) is -0.462. The third kappa shape index (κ3) is 3.05. The van der Waals surface area contributed by atoms with E-state index < -0.39 is 38.2 Å². The summed E-state index contributed by atoms with van der Waals surface area (Å²) in [6.45, 7) is 0. The molecule has 0 amide bonds. The Balaban J connectivity index is 2.36. The fraction of sp³-hybridized carbons (Fsp3) is 0. The van der Waals surface area contributed by atoms with Crippen molar-refractivity contribution in [2.75, 3.05) is 0 Å². The van der Waals surface area contributed by atoms with Crippen molar-refractivity contribution in [2.24, 2.45) is 0 Å². The molecule has 0 spiro atoms. The van der Waals surface area contributed by atoms with Gasteiger partial charge in [-0.3, -0.25) is 0 Å². The molecule has 0 saturated heterocycles. The molecule has 0 aliphatic rings. The minimum Gasteiger partial charge on any atom is -0.376 e. The standard InChI is InChI=1S/C12H7F3O3S/c13-8-2-1-3-10(6-8)19(16,17)18-12-5-4-9(14)7-11(12)15/h1-7H. The summed E-state index contributed by atoms with van der Waals surface area (Å²) >= 11 is 0. The van der Waals surface area contributed by atoms with E-state index in [-0.39, 0.29) is 0 Å². The maximum atomic E-state index is 13.3. The first-order valence-corrected chi connectivity index (χ1v) is 6.44. The molecular weight excluding hydrogens is 281 g/mol. The van der Waals surface area contributed by atoms with E-state index in [1.54, 1.807) is 0 Å². The smallest absolute Gasteiger partial charge is 0.339 e. The van der Waals surface area contributed by atoms with Gasteiger partial charge < -0.3 is 4.18 Å². The van der Waals surface area contributed by atoms with Crippen LogP contribution >= 0.6 is 0 Å². The Labute approximate surface area is 107 Å². The summed E-state index contributed by atoms with van der Waals surface area (Å²) in [6.07, 6.45) is 0. The van der Waals surface area contributed by atoms with Crippen molar-refractivity contribution in [1.82, 2.24) is 0 Å². The Bertz CT molecular complexity index is 714. The van der Waals surface area contributed by atoms with Gasteiger partial charge in [-0.2, -0.15) is 8.42 Å². The molecule has 0 aliphatic carbocycles. The van der Waals surface area contributed by atoms with Gasteiger partial charge in [0, 0.05) is 6.07 Å². The number of hydrogen-bond donors (Lipinski definition) is 0. The van der Waals surface area contributed by atoms with Gasteiger partial charge in [-0.05, 0) is 30.3 Å². The highest BCUT2D eigenvalue weighted by Gasteiger charge is 2.19.